The lowest BCUT2D eigenvalue weighted by Crippen LogP contribution is -2.36. The lowest BCUT2D eigenvalue weighted by molar-refractivity contribution is -0.123. The monoisotopic (exact) mass is 547 g/mol. The Hall–Kier alpha value is -2.99. The first kappa shape index (κ1) is 25.7. The molecular formula is C30H27Cl2N3OS. The number of aryl methyl sites for hydroxylation is 1. The summed E-state index contributed by atoms with van der Waals surface area (Å²) in [4.78, 5) is 20.9. The van der Waals surface area contributed by atoms with E-state index in [2.05, 4.69) is 43.7 Å². The first-order valence-electron chi connectivity index (χ1n) is 12.2. The van der Waals surface area contributed by atoms with Gasteiger partial charge in [-0.3, -0.25) is 9.69 Å². The van der Waals surface area contributed by atoms with E-state index in [0.717, 1.165) is 34.1 Å². The first-order chi connectivity index (χ1) is 17.8. The average molecular weight is 549 g/mol. The number of aromatic nitrogens is 1. The molecule has 0 N–H and O–H groups in total. The second-order valence-electron chi connectivity index (χ2n) is 9.25. The second kappa shape index (κ2) is 10.8. The number of nitrogens with zero attached hydrogens (tertiary/aromatic N) is 3. The van der Waals surface area contributed by atoms with E-state index in [-0.39, 0.29) is 11.9 Å². The Balaban J connectivity index is 1.53. The highest BCUT2D eigenvalue weighted by atomic mass is 35.5. The molecule has 0 aliphatic carbocycles. The minimum absolute atomic E-state index is 0.00785. The van der Waals surface area contributed by atoms with Crippen LogP contribution in [0.15, 0.2) is 82.8 Å². The van der Waals surface area contributed by atoms with E-state index in [0.29, 0.717) is 26.7 Å². The van der Waals surface area contributed by atoms with Gasteiger partial charge in [0.15, 0.2) is 5.17 Å². The quantitative estimate of drug-likeness (QED) is 0.226. The van der Waals surface area contributed by atoms with Crippen molar-refractivity contribution in [3.05, 3.63) is 105 Å². The summed E-state index contributed by atoms with van der Waals surface area (Å²) in [5.41, 5.74) is 5.15. The minimum Gasteiger partial charge on any atom is -0.342 e. The van der Waals surface area contributed by atoms with Crippen LogP contribution in [0.3, 0.4) is 0 Å². The number of amidine groups is 1. The number of hydrogen-bond donors (Lipinski definition) is 0. The van der Waals surface area contributed by atoms with Gasteiger partial charge in [-0.05, 0) is 74.0 Å². The third kappa shape index (κ3) is 5.35. The maximum atomic E-state index is 13.6. The molecule has 0 radical (unpaired) electrons. The van der Waals surface area contributed by atoms with Gasteiger partial charge in [0, 0.05) is 35.2 Å². The molecule has 1 fully saturated rings. The summed E-state index contributed by atoms with van der Waals surface area (Å²) in [6.45, 7) is 6.84. The predicted molar refractivity (Wildman–Crippen MR) is 158 cm³/mol. The number of carbonyl (C=O) groups excluding carboxylic acids is 1. The normalized spacial score (nSPS) is 16.9. The molecule has 188 valence electrons. The van der Waals surface area contributed by atoms with E-state index in [1.54, 1.807) is 0 Å². The summed E-state index contributed by atoms with van der Waals surface area (Å²) < 4.78 is 2.18. The molecule has 0 saturated carbocycles. The Labute approximate surface area is 231 Å². The van der Waals surface area contributed by atoms with Gasteiger partial charge in [-0.2, -0.15) is 0 Å². The summed E-state index contributed by atoms with van der Waals surface area (Å²) in [6, 6.07) is 22.0. The molecule has 3 aromatic carbocycles. The highest BCUT2D eigenvalue weighted by molar-refractivity contribution is 8.18. The van der Waals surface area contributed by atoms with Gasteiger partial charge < -0.3 is 4.57 Å². The lowest BCUT2D eigenvalue weighted by Gasteiger charge is -2.22. The van der Waals surface area contributed by atoms with Crippen molar-refractivity contribution in [3.8, 4) is 0 Å². The molecule has 7 heteroatoms. The Morgan fingerprint density at radius 1 is 1.03 bits per heavy atom. The van der Waals surface area contributed by atoms with Crippen LogP contribution in [0, 0.1) is 6.92 Å². The Kier molecular flexibility index (Phi) is 7.47. The topological polar surface area (TPSA) is 37.6 Å². The zero-order valence-electron chi connectivity index (χ0n) is 20.9. The smallest absolute Gasteiger partial charge is 0.267 e. The van der Waals surface area contributed by atoms with Gasteiger partial charge in [-0.25, -0.2) is 4.99 Å². The average Bonchev–Trinajstić information content (AvgIpc) is 3.39. The van der Waals surface area contributed by atoms with Crippen molar-refractivity contribution >= 4 is 68.7 Å². The van der Waals surface area contributed by atoms with Crippen molar-refractivity contribution < 1.29 is 4.79 Å². The van der Waals surface area contributed by atoms with Crippen LogP contribution in [0.1, 0.15) is 37.0 Å². The number of para-hydroxylation sites is 1. The molecule has 1 saturated heterocycles. The van der Waals surface area contributed by atoms with Gasteiger partial charge in [-0.15, -0.1) is 0 Å². The van der Waals surface area contributed by atoms with Crippen LogP contribution in [0.4, 0.5) is 5.69 Å². The summed E-state index contributed by atoms with van der Waals surface area (Å²) in [5.74, 6) is -0.00785. The zero-order chi connectivity index (χ0) is 26.1. The van der Waals surface area contributed by atoms with Gasteiger partial charge >= 0.3 is 0 Å². The Morgan fingerprint density at radius 2 is 1.78 bits per heavy atom. The molecule has 1 aliphatic rings. The van der Waals surface area contributed by atoms with Gasteiger partial charge in [0.1, 0.15) is 0 Å². The standard InChI is InChI=1S/C30H27Cl2N3OS/c1-4-20(3)35-29(36)28(37-30(35)33-23-12-9-19(2)10-13-23)16-22-18-34(27-8-6-5-7-24(22)27)17-21-11-14-25(31)26(32)15-21/h5-16,18,20H,4,17H2,1-3H3/b28-16+,33-30?/t20-/m1/s1. The molecule has 0 bridgehead atoms. The van der Waals surface area contributed by atoms with Gasteiger partial charge in [0.05, 0.1) is 20.6 Å². The van der Waals surface area contributed by atoms with E-state index in [1.165, 1.54) is 17.3 Å². The van der Waals surface area contributed by atoms with E-state index in [1.807, 2.05) is 65.6 Å². The van der Waals surface area contributed by atoms with Crippen LogP contribution in [0.5, 0.6) is 0 Å². The Morgan fingerprint density at radius 3 is 2.51 bits per heavy atom. The number of amides is 1. The van der Waals surface area contributed by atoms with Crippen molar-refractivity contribution in [3.63, 3.8) is 0 Å². The molecular weight excluding hydrogens is 521 g/mol. The van der Waals surface area contributed by atoms with Crippen LogP contribution in [0.2, 0.25) is 10.0 Å². The summed E-state index contributed by atoms with van der Waals surface area (Å²) in [5, 5.41) is 2.88. The minimum atomic E-state index is -0.00785. The van der Waals surface area contributed by atoms with Crippen LogP contribution < -0.4 is 0 Å². The third-order valence-electron chi connectivity index (χ3n) is 6.57. The number of fused-ring (bicyclic) bond motifs is 1. The molecule has 5 rings (SSSR count). The zero-order valence-corrected chi connectivity index (χ0v) is 23.2. The molecule has 1 atom stereocenters. The number of rotatable bonds is 6. The number of benzene rings is 3. The highest BCUT2D eigenvalue weighted by Gasteiger charge is 2.36. The van der Waals surface area contributed by atoms with Crippen LogP contribution in [-0.4, -0.2) is 26.6 Å². The molecule has 0 unspecified atom stereocenters. The second-order valence-corrected chi connectivity index (χ2v) is 11.1. The summed E-state index contributed by atoms with van der Waals surface area (Å²) in [7, 11) is 0. The molecule has 4 aromatic rings. The fourth-order valence-electron chi connectivity index (χ4n) is 4.36. The van der Waals surface area contributed by atoms with Crippen molar-refractivity contribution in [1.29, 1.82) is 0 Å². The maximum Gasteiger partial charge on any atom is 0.267 e. The highest BCUT2D eigenvalue weighted by Crippen LogP contribution is 2.37. The number of hydrogen-bond acceptors (Lipinski definition) is 3. The van der Waals surface area contributed by atoms with Crippen molar-refractivity contribution in [2.24, 2.45) is 4.99 Å². The number of thioether (sulfide) groups is 1. The molecule has 0 spiro atoms. The largest absolute Gasteiger partial charge is 0.342 e. The molecule has 1 aliphatic heterocycles. The predicted octanol–water partition coefficient (Wildman–Crippen LogP) is 8.71. The van der Waals surface area contributed by atoms with Crippen LogP contribution in [0.25, 0.3) is 17.0 Å². The SMILES string of the molecule is CC[C@@H](C)N1C(=O)/C(=C\c2cn(Cc3ccc(Cl)c(Cl)c3)c3ccccc23)SC1=Nc1ccc(C)cc1. The molecule has 37 heavy (non-hydrogen) atoms. The molecule has 1 aromatic heterocycles. The van der Waals surface area contributed by atoms with E-state index in [4.69, 9.17) is 28.2 Å². The van der Waals surface area contributed by atoms with Crippen molar-refractivity contribution in [1.82, 2.24) is 9.47 Å². The van der Waals surface area contributed by atoms with Crippen molar-refractivity contribution in [2.75, 3.05) is 0 Å². The molecule has 2 heterocycles. The molecule has 1 amide bonds. The summed E-state index contributed by atoms with van der Waals surface area (Å²) >= 11 is 13.8. The molecule has 4 nitrogen and oxygen atoms in total. The number of aliphatic imine (C=N–C) groups is 1. The van der Waals surface area contributed by atoms with E-state index < -0.39 is 0 Å². The summed E-state index contributed by atoms with van der Waals surface area (Å²) in [6.07, 6.45) is 4.93. The van der Waals surface area contributed by atoms with E-state index in [9.17, 15) is 4.79 Å². The van der Waals surface area contributed by atoms with Gasteiger partial charge in [0.2, 0.25) is 0 Å². The van der Waals surface area contributed by atoms with Crippen LogP contribution >= 0.6 is 35.0 Å². The number of carbonyl (C=O) groups is 1. The Bertz CT molecular complexity index is 1540. The van der Waals surface area contributed by atoms with Gasteiger partial charge in [0.25, 0.3) is 5.91 Å². The third-order valence-corrected chi connectivity index (χ3v) is 8.29. The van der Waals surface area contributed by atoms with Crippen LogP contribution in [-0.2, 0) is 11.3 Å². The van der Waals surface area contributed by atoms with Gasteiger partial charge in [-0.1, -0.05) is 72.1 Å². The van der Waals surface area contributed by atoms with E-state index >= 15 is 0 Å². The fraction of sp³-hybridized carbons (Fsp3) is 0.200. The lowest BCUT2D eigenvalue weighted by atomic mass is 10.1. The fourth-order valence-corrected chi connectivity index (χ4v) is 5.76. The first-order valence-corrected chi connectivity index (χ1v) is 13.8. The number of halogens is 2. The maximum absolute atomic E-state index is 13.6. The van der Waals surface area contributed by atoms with Crippen molar-refractivity contribution in [2.45, 2.75) is 39.8 Å².